The first-order valence-electron chi connectivity index (χ1n) is 9.28. The molecule has 2 rings (SSSR count). The number of carboxylic acids is 1. The fourth-order valence-corrected chi connectivity index (χ4v) is 2.75. The number of amides is 3. The number of nitrogens with zero attached hydrogens (tertiary/aromatic N) is 1. The Labute approximate surface area is 177 Å². The van der Waals surface area contributed by atoms with Crippen LogP contribution in [-0.4, -0.2) is 62.0 Å². The maximum Gasteiger partial charge on any atom is 0.326 e. The zero-order valence-corrected chi connectivity index (χ0v) is 16.4. The molecule has 1 aromatic heterocycles. The van der Waals surface area contributed by atoms with E-state index in [0.29, 0.717) is 11.3 Å². The summed E-state index contributed by atoms with van der Waals surface area (Å²) in [5.41, 5.74) is 11.7. The minimum atomic E-state index is -1.29. The maximum atomic E-state index is 12.8. The summed E-state index contributed by atoms with van der Waals surface area (Å²) in [6, 6.07) is 2.12. The van der Waals surface area contributed by atoms with Gasteiger partial charge in [0.1, 0.15) is 17.8 Å². The average molecular weight is 432 g/mol. The van der Waals surface area contributed by atoms with Gasteiger partial charge in [0.2, 0.25) is 17.7 Å². The number of aromatic nitrogens is 2. The number of hydrogen-bond acceptors (Lipinski definition) is 7. The van der Waals surface area contributed by atoms with Gasteiger partial charge in [-0.2, -0.15) is 0 Å². The van der Waals surface area contributed by atoms with Crippen LogP contribution in [-0.2, 0) is 32.0 Å². The lowest BCUT2D eigenvalue weighted by atomic mass is 10.0. The first-order valence-corrected chi connectivity index (χ1v) is 9.28. The van der Waals surface area contributed by atoms with Gasteiger partial charge in [-0.05, 0) is 17.7 Å². The van der Waals surface area contributed by atoms with E-state index in [4.69, 9.17) is 11.5 Å². The van der Waals surface area contributed by atoms with E-state index in [1.807, 2.05) is 0 Å². The summed E-state index contributed by atoms with van der Waals surface area (Å²) in [4.78, 5) is 54.4. The van der Waals surface area contributed by atoms with E-state index >= 15 is 0 Å². The molecule has 0 spiro atoms. The van der Waals surface area contributed by atoms with Crippen LogP contribution < -0.4 is 22.1 Å². The lowest BCUT2D eigenvalue weighted by molar-refractivity contribution is -0.142. The second kappa shape index (κ2) is 10.7. The van der Waals surface area contributed by atoms with Crippen LogP contribution in [0, 0.1) is 0 Å². The first kappa shape index (κ1) is 23.3. The van der Waals surface area contributed by atoms with Gasteiger partial charge < -0.3 is 37.3 Å². The van der Waals surface area contributed by atoms with Gasteiger partial charge in [0.25, 0.3) is 0 Å². The number of carbonyl (C=O) groups is 4. The van der Waals surface area contributed by atoms with Crippen molar-refractivity contribution in [3.63, 3.8) is 0 Å². The monoisotopic (exact) mass is 432 g/mol. The van der Waals surface area contributed by atoms with Crippen molar-refractivity contribution in [2.45, 2.75) is 37.4 Å². The van der Waals surface area contributed by atoms with Crippen molar-refractivity contribution < 1.29 is 29.4 Å². The van der Waals surface area contributed by atoms with Crippen LogP contribution in [0.15, 0.2) is 36.8 Å². The maximum absolute atomic E-state index is 12.8. The number of carbonyl (C=O) groups excluding carboxylic acids is 3. The Morgan fingerprint density at radius 3 is 2.23 bits per heavy atom. The van der Waals surface area contributed by atoms with Gasteiger partial charge in [-0.3, -0.25) is 14.4 Å². The molecule has 0 aliphatic heterocycles. The zero-order chi connectivity index (χ0) is 23.0. The Hall–Kier alpha value is -3.93. The normalized spacial score (nSPS) is 13.6. The first-order chi connectivity index (χ1) is 14.7. The predicted octanol–water partition coefficient (Wildman–Crippen LogP) is -1.84. The lowest BCUT2D eigenvalue weighted by Gasteiger charge is -2.22. The number of benzene rings is 1. The number of aromatic hydroxyl groups is 1. The van der Waals surface area contributed by atoms with Crippen LogP contribution in [0.2, 0.25) is 0 Å². The van der Waals surface area contributed by atoms with Crippen LogP contribution in [0.5, 0.6) is 5.75 Å². The quantitative estimate of drug-likeness (QED) is 0.214. The van der Waals surface area contributed by atoms with Crippen molar-refractivity contribution in [3.8, 4) is 5.75 Å². The number of nitrogens with two attached hydrogens (primary N) is 2. The van der Waals surface area contributed by atoms with Gasteiger partial charge in [0.15, 0.2) is 0 Å². The second-order valence-electron chi connectivity index (χ2n) is 6.89. The van der Waals surface area contributed by atoms with Crippen molar-refractivity contribution in [2.24, 2.45) is 11.5 Å². The molecule has 0 fully saturated rings. The van der Waals surface area contributed by atoms with Crippen molar-refractivity contribution in [1.82, 2.24) is 20.6 Å². The molecule has 166 valence electrons. The third-order valence-corrected chi connectivity index (χ3v) is 4.36. The molecule has 1 aromatic carbocycles. The van der Waals surface area contributed by atoms with Gasteiger partial charge in [-0.1, -0.05) is 12.1 Å². The summed E-state index contributed by atoms with van der Waals surface area (Å²) in [6.45, 7) is 0. The minimum absolute atomic E-state index is 0.0214. The number of phenols is 1. The molecule has 0 radical (unpaired) electrons. The van der Waals surface area contributed by atoms with E-state index in [-0.39, 0.29) is 18.6 Å². The number of primary amides is 1. The standard InChI is InChI=1S/C19H24N6O6/c20-13(7-16(21)27)17(28)24-14(6-11-8-22-9-23-11)18(29)25-15(19(30)31)5-10-1-3-12(26)4-2-10/h1-4,8-9,13-15,26H,5-7,20H2,(H2,21,27)(H,22,23)(H,24,28)(H,25,29)(H,30,31)/t13-,14-,15-/m0/s1. The molecular weight excluding hydrogens is 408 g/mol. The highest BCUT2D eigenvalue weighted by Gasteiger charge is 2.29. The number of nitrogens with one attached hydrogen (secondary N) is 3. The molecule has 2 aromatic rings. The highest BCUT2D eigenvalue weighted by Crippen LogP contribution is 2.12. The molecule has 0 bridgehead atoms. The molecule has 9 N–H and O–H groups in total. The topological polar surface area (TPSA) is 214 Å². The molecule has 1 heterocycles. The average Bonchev–Trinajstić information content (AvgIpc) is 3.21. The Balaban J connectivity index is 2.13. The highest BCUT2D eigenvalue weighted by atomic mass is 16.4. The smallest absolute Gasteiger partial charge is 0.326 e. The van der Waals surface area contributed by atoms with Crippen LogP contribution in [0.25, 0.3) is 0 Å². The van der Waals surface area contributed by atoms with Crippen LogP contribution in [0.1, 0.15) is 17.7 Å². The molecule has 0 aliphatic rings. The number of H-pyrrole nitrogens is 1. The van der Waals surface area contributed by atoms with E-state index in [9.17, 15) is 29.4 Å². The number of aliphatic carboxylic acids is 1. The van der Waals surface area contributed by atoms with E-state index in [1.54, 1.807) is 0 Å². The molecule has 3 amide bonds. The fourth-order valence-electron chi connectivity index (χ4n) is 2.75. The lowest BCUT2D eigenvalue weighted by Crippen LogP contribution is -2.56. The number of rotatable bonds is 11. The Kier molecular flexibility index (Phi) is 8.09. The van der Waals surface area contributed by atoms with Crippen molar-refractivity contribution in [3.05, 3.63) is 48.0 Å². The molecule has 31 heavy (non-hydrogen) atoms. The van der Waals surface area contributed by atoms with E-state index in [0.717, 1.165) is 0 Å². The second-order valence-corrected chi connectivity index (χ2v) is 6.89. The molecule has 0 unspecified atom stereocenters. The van der Waals surface area contributed by atoms with Crippen LogP contribution in [0.4, 0.5) is 0 Å². The molecular formula is C19H24N6O6. The summed E-state index contributed by atoms with van der Waals surface area (Å²) in [5.74, 6) is -3.59. The van der Waals surface area contributed by atoms with Gasteiger partial charge in [0.05, 0.1) is 18.8 Å². The molecule has 0 saturated heterocycles. The van der Waals surface area contributed by atoms with E-state index < -0.39 is 48.2 Å². The third-order valence-electron chi connectivity index (χ3n) is 4.36. The van der Waals surface area contributed by atoms with Crippen molar-refractivity contribution >= 4 is 23.7 Å². The number of aromatic amines is 1. The zero-order valence-electron chi connectivity index (χ0n) is 16.4. The number of carboxylic acid groups (broad SMARTS) is 1. The predicted molar refractivity (Wildman–Crippen MR) is 107 cm³/mol. The van der Waals surface area contributed by atoms with Crippen LogP contribution >= 0.6 is 0 Å². The Bertz CT molecular complexity index is 914. The van der Waals surface area contributed by atoms with Crippen LogP contribution in [0.3, 0.4) is 0 Å². The number of hydrogen-bond donors (Lipinski definition) is 7. The molecule has 12 heteroatoms. The SMILES string of the molecule is NC(=O)C[C@H](N)C(=O)N[C@@H](Cc1cnc[nH]1)C(=O)N[C@@H](Cc1ccc(O)cc1)C(=O)O. The van der Waals surface area contributed by atoms with E-state index in [1.165, 1.54) is 36.8 Å². The van der Waals surface area contributed by atoms with Crippen molar-refractivity contribution in [2.75, 3.05) is 0 Å². The molecule has 0 saturated carbocycles. The Morgan fingerprint density at radius 1 is 1.03 bits per heavy atom. The summed E-state index contributed by atoms with van der Waals surface area (Å²) >= 11 is 0. The number of imidazole rings is 1. The summed E-state index contributed by atoms with van der Waals surface area (Å²) in [7, 11) is 0. The fraction of sp³-hybridized carbons (Fsp3) is 0.316. The van der Waals surface area contributed by atoms with Gasteiger partial charge in [-0.25, -0.2) is 9.78 Å². The number of phenolic OH excluding ortho intramolecular Hbond substituents is 1. The van der Waals surface area contributed by atoms with E-state index in [2.05, 4.69) is 20.6 Å². The summed E-state index contributed by atoms with van der Waals surface area (Å²) in [5, 5.41) is 23.7. The minimum Gasteiger partial charge on any atom is -0.508 e. The molecule has 3 atom stereocenters. The van der Waals surface area contributed by atoms with Gasteiger partial charge in [-0.15, -0.1) is 0 Å². The van der Waals surface area contributed by atoms with Crippen molar-refractivity contribution in [1.29, 1.82) is 0 Å². The summed E-state index contributed by atoms with van der Waals surface area (Å²) < 4.78 is 0. The summed E-state index contributed by atoms with van der Waals surface area (Å²) in [6.07, 6.45) is 2.35. The third kappa shape index (κ3) is 7.44. The van der Waals surface area contributed by atoms with Gasteiger partial charge >= 0.3 is 5.97 Å². The molecule has 0 aliphatic carbocycles. The molecule has 12 nitrogen and oxygen atoms in total. The largest absolute Gasteiger partial charge is 0.508 e. The highest BCUT2D eigenvalue weighted by molar-refractivity contribution is 5.93. The van der Waals surface area contributed by atoms with Gasteiger partial charge in [0, 0.05) is 24.7 Å². The Morgan fingerprint density at radius 2 is 1.68 bits per heavy atom.